The minimum absolute atomic E-state index is 0.260. The van der Waals surface area contributed by atoms with Crippen molar-refractivity contribution in [1.29, 1.82) is 0 Å². The molecular formula is C22H21F3N6S. The first kappa shape index (κ1) is 21.0. The number of thioether (sulfide) groups is 1. The number of hydrogen-bond donors (Lipinski definition) is 0. The van der Waals surface area contributed by atoms with E-state index in [1.165, 1.54) is 6.20 Å². The Morgan fingerprint density at radius 3 is 2.66 bits per heavy atom. The number of pyridine rings is 2. The molecule has 0 saturated heterocycles. The fraction of sp³-hybridized carbons (Fsp3) is 0.364. The summed E-state index contributed by atoms with van der Waals surface area (Å²) in [5.41, 5.74) is 2.57. The van der Waals surface area contributed by atoms with Crippen LogP contribution in [-0.2, 0) is 19.8 Å². The van der Waals surface area contributed by atoms with Crippen LogP contribution in [-0.4, -0.2) is 35.1 Å². The lowest BCUT2D eigenvalue weighted by Gasteiger charge is -2.09. The van der Waals surface area contributed by atoms with Crippen molar-refractivity contribution in [1.82, 2.24) is 29.3 Å². The molecule has 0 spiro atoms. The summed E-state index contributed by atoms with van der Waals surface area (Å²) in [6.07, 6.45) is 0.649. The van der Waals surface area contributed by atoms with Gasteiger partial charge in [0.25, 0.3) is 0 Å². The summed E-state index contributed by atoms with van der Waals surface area (Å²) in [6, 6.07) is 6.72. The third-order valence-corrected chi connectivity index (χ3v) is 6.47. The number of halogens is 3. The number of nitrogens with zero attached hydrogens (tertiary/aromatic N) is 6. The minimum Gasteiger partial charge on any atom is -0.325 e. The second-order valence-electron chi connectivity index (χ2n) is 7.80. The summed E-state index contributed by atoms with van der Waals surface area (Å²) in [5, 5.41) is 4.94. The first-order valence-electron chi connectivity index (χ1n) is 10.4. The molecule has 0 amide bonds. The summed E-state index contributed by atoms with van der Waals surface area (Å²) in [5.74, 6) is 1.85. The van der Waals surface area contributed by atoms with Gasteiger partial charge in [-0.1, -0.05) is 13.0 Å². The van der Waals surface area contributed by atoms with Crippen molar-refractivity contribution in [3.8, 4) is 11.5 Å². The first-order valence-corrected chi connectivity index (χ1v) is 11.4. The van der Waals surface area contributed by atoms with Gasteiger partial charge in [0.15, 0.2) is 5.82 Å². The number of alkyl halides is 3. The van der Waals surface area contributed by atoms with Gasteiger partial charge in [-0.2, -0.15) is 18.3 Å². The lowest BCUT2D eigenvalue weighted by Crippen LogP contribution is -2.08. The van der Waals surface area contributed by atoms with E-state index in [2.05, 4.69) is 21.9 Å². The van der Waals surface area contributed by atoms with E-state index in [-0.39, 0.29) is 5.52 Å². The fourth-order valence-electron chi connectivity index (χ4n) is 3.81. The summed E-state index contributed by atoms with van der Waals surface area (Å²) < 4.78 is 43.3. The molecule has 4 aromatic rings. The Labute approximate surface area is 186 Å². The minimum atomic E-state index is -4.52. The Morgan fingerprint density at radius 1 is 1.19 bits per heavy atom. The second-order valence-corrected chi connectivity index (χ2v) is 9.07. The molecular weight excluding hydrogens is 437 g/mol. The van der Waals surface area contributed by atoms with Crippen LogP contribution in [0.1, 0.15) is 42.8 Å². The zero-order chi connectivity index (χ0) is 22.5. The number of fused-ring (bicyclic) bond motifs is 1. The molecule has 0 aliphatic heterocycles. The van der Waals surface area contributed by atoms with Gasteiger partial charge in [-0.15, -0.1) is 11.8 Å². The second kappa shape index (κ2) is 7.91. The molecule has 4 heterocycles. The van der Waals surface area contributed by atoms with Crippen LogP contribution in [0.3, 0.4) is 0 Å². The number of rotatable bonds is 6. The summed E-state index contributed by atoms with van der Waals surface area (Å²) in [6.45, 7) is 2.53. The molecule has 1 aliphatic carbocycles. The normalized spacial score (nSPS) is 14.4. The maximum Gasteiger partial charge on any atom is 0.433 e. The van der Waals surface area contributed by atoms with Crippen LogP contribution in [0, 0.1) is 0 Å². The van der Waals surface area contributed by atoms with Gasteiger partial charge in [0, 0.05) is 19.2 Å². The first-order chi connectivity index (χ1) is 15.4. The fourth-order valence-corrected chi connectivity index (χ4v) is 4.78. The van der Waals surface area contributed by atoms with Crippen LogP contribution < -0.4 is 0 Å². The molecule has 1 fully saturated rings. The standard InChI is InChI=1S/C22H21F3N6S/c1-3-32-20-18(13-7-8-13)29-31(12-14-6-4-5-9-26-14)19(20)21-28-15-10-17(22(23,24)25)27-11-16(15)30(21)2/h4-6,9-11,13H,3,7-8,12H2,1-2H3. The van der Waals surface area contributed by atoms with Gasteiger partial charge in [0.05, 0.1) is 40.1 Å². The Balaban J connectivity index is 1.70. The van der Waals surface area contributed by atoms with E-state index in [1.54, 1.807) is 29.6 Å². The lowest BCUT2D eigenvalue weighted by molar-refractivity contribution is -0.141. The number of aryl methyl sites for hydroxylation is 1. The Bertz CT molecular complexity index is 1270. The monoisotopic (exact) mass is 458 g/mol. The molecule has 166 valence electrons. The molecule has 0 atom stereocenters. The van der Waals surface area contributed by atoms with E-state index in [9.17, 15) is 13.2 Å². The highest BCUT2D eigenvalue weighted by Gasteiger charge is 2.35. The van der Waals surface area contributed by atoms with E-state index in [1.807, 2.05) is 22.9 Å². The van der Waals surface area contributed by atoms with Crippen LogP contribution >= 0.6 is 11.8 Å². The molecule has 0 aromatic carbocycles. The maximum absolute atomic E-state index is 13.2. The summed E-state index contributed by atoms with van der Waals surface area (Å²) in [4.78, 5) is 13.7. The Hall–Kier alpha value is -2.88. The molecule has 4 aromatic heterocycles. The predicted octanol–water partition coefficient (Wildman–Crippen LogP) is 5.28. The third-order valence-electron chi connectivity index (χ3n) is 5.49. The third kappa shape index (κ3) is 3.76. The molecule has 0 bridgehead atoms. The van der Waals surface area contributed by atoms with Crippen molar-refractivity contribution in [3.05, 3.63) is 53.7 Å². The van der Waals surface area contributed by atoms with Crippen LogP contribution in [0.2, 0.25) is 0 Å². The van der Waals surface area contributed by atoms with Crippen molar-refractivity contribution >= 4 is 22.8 Å². The van der Waals surface area contributed by atoms with Crippen LogP contribution in [0.15, 0.2) is 41.6 Å². The molecule has 32 heavy (non-hydrogen) atoms. The van der Waals surface area contributed by atoms with Gasteiger partial charge < -0.3 is 4.57 Å². The van der Waals surface area contributed by atoms with Gasteiger partial charge in [0.2, 0.25) is 0 Å². The highest BCUT2D eigenvalue weighted by atomic mass is 32.2. The molecule has 1 aliphatic rings. The molecule has 0 N–H and O–H groups in total. The smallest absolute Gasteiger partial charge is 0.325 e. The lowest BCUT2D eigenvalue weighted by atomic mass is 10.2. The zero-order valence-electron chi connectivity index (χ0n) is 17.6. The number of hydrogen-bond acceptors (Lipinski definition) is 5. The van der Waals surface area contributed by atoms with E-state index in [0.717, 1.165) is 46.6 Å². The average molecular weight is 459 g/mol. The van der Waals surface area contributed by atoms with Crippen LogP contribution in [0.4, 0.5) is 13.2 Å². The molecule has 0 radical (unpaired) electrons. The quantitative estimate of drug-likeness (QED) is 0.368. The van der Waals surface area contributed by atoms with Gasteiger partial charge >= 0.3 is 6.18 Å². The largest absolute Gasteiger partial charge is 0.433 e. The SMILES string of the molecule is CCSc1c(C2CC2)nn(Cc2ccccn2)c1-c1nc2cc(C(F)(F)F)ncc2n1C. The van der Waals surface area contributed by atoms with Crippen LogP contribution in [0.5, 0.6) is 0 Å². The Kier molecular flexibility index (Phi) is 5.19. The Morgan fingerprint density at radius 2 is 2.00 bits per heavy atom. The molecule has 0 unspecified atom stereocenters. The highest BCUT2D eigenvalue weighted by Crippen LogP contribution is 2.47. The van der Waals surface area contributed by atoms with Crippen molar-refractivity contribution in [2.45, 2.75) is 43.3 Å². The van der Waals surface area contributed by atoms with E-state index >= 15 is 0 Å². The molecule has 10 heteroatoms. The number of aromatic nitrogens is 6. The van der Waals surface area contributed by atoms with Crippen molar-refractivity contribution in [2.75, 3.05) is 5.75 Å². The van der Waals surface area contributed by atoms with Crippen LogP contribution in [0.25, 0.3) is 22.6 Å². The van der Waals surface area contributed by atoms with Gasteiger partial charge in [-0.3, -0.25) is 9.67 Å². The van der Waals surface area contributed by atoms with E-state index in [0.29, 0.717) is 23.8 Å². The molecule has 5 rings (SSSR count). The summed E-state index contributed by atoms with van der Waals surface area (Å²) in [7, 11) is 1.80. The summed E-state index contributed by atoms with van der Waals surface area (Å²) >= 11 is 1.70. The van der Waals surface area contributed by atoms with E-state index < -0.39 is 11.9 Å². The van der Waals surface area contributed by atoms with Crippen molar-refractivity contribution in [2.24, 2.45) is 7.05 Å². The molecule has 6 nitrogen and oxygen atoms in total. The van der Waals surface area contributed by atoms with Gasteiger partial charge in [0.1, 0.15) is 11.4 Å². The predicted molar refractivity (Wildman–Crippen MR) is 116 cm³/mol. The average Bonchev–Trinajstić information content (AvgIpc) is 3.48. The van der Waals surface area contributed by atoms with Gasteiger partial charge in [-0.25, -0.2) is 9.97 Å². The highest BCUT2D eigenvalue weighted by molar-refractivity contribution is 7.99. The molecule has 1 saturated carbocycles. The van der Waals surface area contributed by atoms with Crippen molar-refractivity contribution < 1.29 is 13.2 Å². The maximum atomic E-state index is 13.2. The van der Waals surface area contributed by atoms with E-state index in [4.69, 9.17) is 5.10 Å². The van der Waals surface area contributed by atoms with Gasteiger partial charge in [-0.05, 0) is 36.8 Å². The number of imidazole rings is 1. The topological polar surface area (TPSA) is 61.4 Å². The van der Waals surface area contributed by atoms with Crippen molar-refractivity contribution in [3.63, 3.8) is 0 Å². The zero-order valence-corrected chi connectivity index (χ0v) is 18.4.